The number of nitrogens with two attached hydrogens (primary N) is 1. The molecule has 5 heteroatoms. The van der Waals surface area contributed by atoms with E-state index in [-0.39, 0.29) is 6.04 Å². The van der Waals surface area contributed by atoms with Crippen LogP contribution in [0, 0.1) is 6.92 Å². The van der Waals surface area contributed by atoms with Crippen molar-refractivity contribution in [3.05, 3.63) is 51.9 Å². The molecule has 0 saturated heterocycles. The zero-order valence-electron chi connectivity index (χ0n) is 10.2. The minimum atomic E-state index is -0.259. The van der Waals surface area contributed by atoms with E-state index >= 15 is 0 Å². The summed E-state index contributed by atoms with van der Waals surface area (Å²) >= 11 is 3.44. The van der Waals surface area contributed by atoms with Gasteiger partial charge in [-0.2, -0.15) is 0 Å². The summed E-state index contributed by atoms with van der Waals surface area (Å²) in [4.78, 5) is 0. The van der Waals surface area contributed by atoms with Gasteiger partial charge in [-0.25, -0.2) is 5.43 Å². The van der Waals surface area contributed by atoms with E-state index in [1.54, 1.807) is 13.4 Å². The second kappa shape index (κ2) is 5.56. The standard InChI is InChI=1S/C13H15BrN2O2/c1-8-3-4-9(11(7-8)17-2)12(16-15)13-10(14)5-6-18-13/h3-7,12,16H,15H2,1-2H3. The number of nitrogens with one attached hydrogen (secondary N) is 1. The van der Waals surface area contributed by atoms with Gasteiger partial charge in [-0.15, -0.1) is 0 Å². The van der Waals surface area contributed by atoms with E-state index in [9.17, 15) is 0 Å². The first kappa shape index (κ1) is 13.1. The molecule has 1 aromatic carbocycles. The van der Waals surface area contributed by atoms with Crippen molar-refractivity contribution in [2.75, 3.05) is 7.11 Å². The van der Waals surface area contributed by atoms with Gasteiger partial charge in [-0.3, -0.25) is 5.84 Å². The number of hydrogen-bond acceptors (Lipinski definition) is 4. The van der Waals surface area contributed by atoms with Crippen LogP contribution in [-0.4, -0.2) is 7.11 Å². The van der Waals surface area contributed by atoms with E-state index < -0.39 is 0 Å². The normalized spacial score (nSPS) is 12.4. The van der Waals surface area contributed by atoms with Crippen LogP contribution in [-0.2, 0) is 0 Å². The number of hydrazine groups is 1. The van der Waals surface area contributed by atoms with Crippen LogP contribution in [0.25, 0.3) is 0 Å². The molecule has 0 aliphatic carbocycles. The molecule has 18 heavy (non-hydrogen) atoms. The molecular formula is C13H15BrN2O2. The molecule has 1 unspecified atom stereocenters. The fourth-order valence-corrected chi connectivity index (χ4v) is 2.31. The number of rotatable bonds is 4. The topological polar surface area (TPSA) is 60.4 Å². The van der Waals surface area contributed by atoms with Gasteiger partial charge >= 0.3 is 0 Å². The molecule has 2 rings (SSSR count). The minimum Gasteiger partial charge on any atom is -0.496 e. The van der Waals surface area contributed by atoms with Crippen molar-refractivity contribution in [1.29, 1.82) is 0 Å². The van der Waals surface area contributed by atoms with Crippen molar-refractivity contribution < 1.29 is 9.15 Å². The Balaban J connectivity index is 2.48. The SMILES string of the molecule is COc1cc(C)ccc1C(NN)c1occc1Br. The summed E-state index contributed by atoms with van der Waals surface area (Å²) in [6.07, 6.45) is 1.62. The van der Waals surface area contributed by atoms with Crippen molar-refractivity contribution in [3.63, 3.8) is 0 Å². The summed E-state index contributed by atoms with van der Waals surface area (Å²) in [6.45, 7) is 2.01. The largest absolute Gasteiger partial charge is 0.496 e. The molecule has 0 fully saturated rings. The molecule has 4 nitrogen and oxygen atoms in total. The van der Waals surface area contributed by atoms with Gasteiger partial charge < -0.3 is 9.15 Å². The zero-order chi connectivity index (χ0) is 13.1. The zero-order valence-corrected chi connectivity index (χ0v) is 11.8. The Kier molecular flexibility index (Phi) is 4.06. The van der Waals surface area contributed by atoms with Crippen LogP contribution in [0.3, 0.4) is 0 Å². The third-order valence-electron chi connectivity index (χ3n) is 2.77. The molecule has 0 amide bonds. The maximum atomic E-state index is 5.64. The van der Waals surface area contributed by atoms with Crippen LogP contribution in [0.15, 0.2) is 39.4 Å². The Morgan fingerprint density at radius 2 is 2.17 bits per heavy atom. The third-order valence-corrected chi connectivity index (χ3v) is 3.43. The van der Waals surface area contributed by atoms with Crippen molar-refractivity contribution in [2.24, 2.45) is 5.84 Å². The van der Waals surface area contributed by atoms with E-state index in [0.29, 0.717) is 0 Å². The highest BCUT2D eigenvalue weighted by Crippen LogP contribution is 2.34. The van der Waals surface area contributed by atoms with E-state index in [1.165, 1.54) is 0 Å². The number of furan rings is 1. The number of benzene rings is 1. The number of aryl methyl sites for hydroxylation is 1. The highest BCUT2D eigenvalue weighted by atomic mass is 79.9. The van der Waals surface area contributed by atoms with Gasteiger partial charge in [0, 0.05) is 5.56 Å². The van der Waals surface area contributed by atoms with Crippen LogP contribution in [0.4, 0.5) is 0 Å². The second-order valence-corrected chi connectivity index (χ2v) is 4.83. The van der Waals surface area contributed by atoms with E-state index in [0.717, 1.165) is 27.1 Å². The third kappa shape index (κ3) is 2.43. The smallest absolute Gasteiger partial charge is 0.140 e. The van der Waals surface area contributed by atoms with E-state index in [2.05, 4.69) is 21.4 Å². The lowest BCUT2D eigenvalue weighted by Crippen LogP contribution is -2.29. The first-order valence-electron chi connectivity index (χ1n) is 5.51. The lowest BCUT2D eigenvalue weighted by Gasteiger charge is -2.18. The van der Waals surface area contributed by atoms with Crippen LogP contribution < -0.4 is 16.0 Å². The van der Waals surface area contributed by atoms with Crippen LogP contribution in [0.1, 0.15) is 22.9 Å². The van der Waals surface area contributed by atoms with Crippen LogP contribution in [0.5, 0.6) is 5.75 Å². The molecule has 1 atom stereocenters. The molecular weight excluding hydrogens is 296 g/mol. The highest BCUT2D eigenvalue weighted by molar-refractivity contribution is 9.10. The monoisotopic (exact) mass is 310 g/mol. The molecule has 0 bridgehead atoms. The predicted molar refractivity (Wildman–Crippen MR) is 73.3 cm³/mol. The van der Waals surface area contributed by atoms with Gasteiger partial charge in [0.2, 0.25) is 0 Å². The first-order chi connectivity index (χ1) is 8.67. The Hall–Kier alpha value is -1.30. The Morgan fingerprint density at radius 1 is 1.39 bits per heavy atom. The number of methoxy groups -OCH3 is 1. The summed E-state index contributed by atoms with van der Waals surface area (Å²) in [7, 11) is 1.64. The number of ether oxygens (including phenoxy) is 1. The van der Waals surface area contributed by atoms with Crippen LogP contribution in [0.2, 0.25) is 0 Å². The molecule has 1 heterocycles. The molecule has 0 aliphatic heterocycles. The molecule has 1 aromatic heterocycles. The lowest BCUT2D eigenvalue weighted by atomic mass is 10.0. The van der Waals surface area contributed by atoms with Crippen molar-refractivity contribution in [2.45, 2.75) is 13.0 Å². The Morgan fingerprint density at radius 3 is 2.72 bits per heavy atom. The van der Waals surface area contributed by atoms with Gasteiger partial charge in [0.15, 0.2) is 0 Å². The van der Waals surface area contributed by atoms with Gasteiger partial charge in [0.25, 0.3) is 0 Å². The Labute approximate surface area is 114 Å². The molecule has 0 spiro atoms. The quantitative estimate of drug-likeness (QED) is 0.673. The van der Waals surface area contributed by atoms with Gasteiger partial charge in [-0.1, -0.05) is 12.1 Å². The maximum absolute atomic E-state index is 5.64. The van der Waals surface area contributed by atoms with Gasteiger partial charge in [0.05, 0.1) is 17.8 Å². The summed E-state index contributed by atoms with van der Waals surface area (Å²) in [6, 6.07) is 7.54. The van der Waals surface area contributed by atoms with Gasteiger partial charge in [-0.05, 0) is 40.5 Å². The molecule has 0 aliphatic rings. The van der Waals surface area contributed by atoms with Crippen molar-refractivity contribution in [1.82, 2.24) is 5.43 Å². The first-order valence-corrected chi connectivity index (χ1v) is 6.30. The predicted octanol–water partition coefficient (Wildman–Crippen LogP) is 2.91. The summed E-state index contributed by atoms with van der Waals surface area (Å²) in [5.74, 6) is 7.14. The molecule has 0 saturated carbocycles. The summed E-state index contributed by atoms with van der Waals surface area (Å²) in [5.41, 5.74) is 4.81. The minimum absolute atomic E-state index is 0.259. The summed E-state index contributed by atoms with van der Waals surface area (Å²) in [5, 5.41) is 0. The lowest BCUT2D eigenvalue weighted by molar-refractivity contribution is 0.393. The maximum Gasteiger partial charge on any atom is 0.140 e. The van der Waals surface area contributed by atoms with E-state index in [4.69, 9.17) is 15.0 Å². The number of halogens is 1. The fraction of sp³-hybridized carbons (Fsp3) is 0.231. The van der Waals surface area contributed by atoms with Gasteiger partial charge in [0.1, 0.15) is 17.6 Å². The molecule has 96 valence electrons. The molecule has 0 radical (unpaired) electrons. The Bertz CT molecular complexity index is 540. The average Bonchev–Trinajstić information content (AvgIpc) is 2.78. The number of hydrogen-bond donors (Lipinski definition) is 2. The second-order valence-electron chi connectivity index (χ2n) is 3.98. The fourth-order valence-electron chi connectivity index (χ4n) is 1.87. The van der Waals surface area contributed by atoms with Crippen LogP contribution >= 0.6 is 15.9 Å². The summed E-state index contributed by atoms with van der Waals surface area (Å²) < 4.78 is 11.7. The molecule has 3 N–H and O–H groups in total. The van der Waals surface area contributed by atoms with E-state index in [1.807, 2.05) is 31.2 Å². The average molecular weight is 311 g/mol. The highest BCUT2D eigenvalue weighted by Gasteiger charge is 2.22. The molecule has 2 aromatic rings. The van der Waals surface area contributed by atoms with Crippen molar-refractivity contribution >= 4 is 15.9 Å². The van der Waals surface area contributed by atoms with Crippen molar-refractivity contribution in [3.8, 4) is 5.75 Å².